The van der Waals surface area contributed by atoms with Gasteiger partial charge in [-0.05, 0) is 41.8 Å². The molecule has 1 heterocycles. The summed E-state index contributed by atoms with van der Waals surface area (Å²) in [5, 5.41) is 3.56. The second kappa shape index (κ2) is 6.96. The monoisotopic (exact) mass is 340 g/mol. The van der Waals surface area contributed by atoms with E-state index in [4.69, 9.17) is 0 Å². The van der Waals surface area contributed by atoms with E-state index >= 15 is 0 Å². The van der Waals surface area contributed by atoms with Gasteiger partial charge in [0.05, 0.1) is 0 Å². The van der Waals surface area contributed by atoms with E-state index in [0.717, 1.165) is 23.2 Å². The molecule has 3 heteroatoms. The average Bonchev–Trinajstić information content (AvgIpc) is 2.70. The Bertz CT molecular complexity index is 951. The van der Waals surface area contributed by atoms with Crippen LogP contribution in [0.25, 0.3) is 11.1 Å². The quantitative estimate of drug-likeness (QED) is 0.818. The van der Waals surface area contributed by atoms with Crippen LogP contribution in [0.4, 0.5) is 5.69 Å². The average molecular weight is 340 g/mol. The molecule has 4 rings (SSSR count). The van der Waals surface area contributed by atoms with E-state index in [2.05, 4.69) is 59.7 Å². The molecule has 0 bridgehead atoms. The lowest BCUT2D eigenvalue weighted by atomic mass is 9.85. The number of anilines is 1. The van der Waals surface area contributed by atoms with Crippen LogP contribution in [0.3, 0.4) is 0 Å². The van der Waals surface area contributed by atoms with E-state index in [0.29, 0.717) is 0 Å². The van der Waals surface area contributed by atoms with Crippen molar-refractivity contribution in [3.63, 3.8) is 0 Å². The molecule has 0 aromatic heterocycles. The summed E-state index contributed by atoms with van der Waals surface area (Å²) >= 11 is 0. The minimum absolute atomic E-state index is 0.00242. The number of hydrogen-bond donors (Lipinski definition) is 1. The standard InChI is InChI=1S/C23H20N2O/c1-16-19(17-7-3-2-4-8-17)9-5-11-21(16)25-22-12-6-10-20-18(15-26)13-14-24-23(20)22/h2-15,20,23,25H,1H3. The number of rotatable bonds is 4. The molecule has 3 nitrogen and oxygen atoms in total. The number of hydrogen-bond acceptors (Lipinski definition) is 3. The van der Waals surface area contributed by atoms with Crippen LogP contribution < -0.4 is 5.32 Å². The highest BCUT2D eigenvalue weighted by Gasteiger charge is 2.29. The topological polar surface area (TPSA) is 41.5 Å². The first-order valence-electron chi connectivity index (χ1n) is 8.77. The molecular weight excluding hydrogens is 320 g/mol. The summed E-state index contributed by atoms with van der Waals surface area (Å²) in [4.78, 5) is 15.9. The number of nitrogens with one attached hydrogen (secondary N) is 1. The van der Waals surface area contributed by atoms with Crippen LogP contribution in [-0.2, 0) is 4.79 Å². The van der Waals surface area contributed by atoms with Gasteiger partial charge >= 0.3 is 0 Å². The van der Waals surface area contributed by atoms with Crippen molar-refractivity contribution >= 4 is 18.2 Å². The maximum absolute atomic E-state index is 11.3. The number of fused-ring (bicyclic) bond motifs is 1. The SMILES string of the molecule is Cc1c(NC2=CC=CC3C(C=O)=CC=NC23)cccc1-c1ccccc1. The number of allylic oxidation sites excluding steroid dienone is 3. The van der Waals surface area contributed by atoms with Crippen LogP contribution in [0.1, 0.15) is 5.56 Å². The summed E-state index contributed by atoms with van der Waals surface area (Å²) in [5.74, 6) is 0.00242. The van der Waals surface area contributed by atoms with E-state index in [1.165, 1.54) is 16.7 Å². The zero-order valence-electron chi connectivity index (χ0n) is 14.6. The summed E-state index contributed by atoms with van der Waals surface area (Å²) in [7, 11) is 0. The molecular formula is C23H20N2O. The third-order valence-corrected chi connectivity index (χ3v) is 4.99. The third kappa shape index (κ3) is 2.93. The van der Waals surface area contributed by atoms with Crippen LogP contribution in [0.15, 0.2) is 89.1 Å². The van der Waals surface area contributed by atoms with E-state index in [9.17, 15) is 4.79 Å². The van der Waals surface area contributed by atoms with Crippen molar-refractivity contribution in [1.29, 1.82) is 0 Å². The number of nitrogens with zero attached hydrogens (tertiary/aromatic N) is 1. The normalized spacial score (nSPS) is 20.8. The smallest absolute Gasteiger partial charge is 0.146 e. The molecule has 0 radical (unpaired) electrons. The number of benzene rings is 2. The Hall–Kier alpha value is -3.20. The fourth-order valence-corrected chi connectivity index (χ4v) is 3.57. The third-order valence-electron chi connectivity index (χ3n) is 4.99. The predicted octanol–water partition coefficient (Wildman–Crippen LogP) is 4.72. The molecule has 2 aromatic carbocycles. The predicted molar refractivity (Wildman–Crippen MR) is 107 cm³/mol. The number of carbonyl (C=O) groups excluding carboxylic acids is 1. The lowest BCUT2D eigenvalue weighted by Crippen LogP contribution is -2.30. The van der Waals surface area contributed by atoms with Crippen molar-refractivity contribution in [2.45, 2.75) is 13.0 Å². The Labute approximate surface area is 153 Å². The summed E-state index contributed by atoms with van der Waals surface area (Å²) in [6.07, 6.45) is 10.5. The molecule has 2 aromatic rings. The highest BCUT2D eigenvalue weighted by molar-refractivity contribution is 5.87. The maximum Gasteiger partial charge on any atom is 0.146 e. The van der Waals surface area contributed by atoms with Gasteiger partial charge in [0.25, 0.3) is 0 Å². The molecule has 0 saturated carbocycles. The molecule has 1 aliphatic carbocycles. The molecule has 1 N–H and O–H groups in total. The van der Waals surface area contributed by atoms with Crippen LogP contribution in [0, 0.1) is 12.8 Å². The minimum Gasteiger partial charge on any atom is -0.357 e. The molecule has 1 aliphatic heterocycles. The van der Waals surface area contributed by atoms with Gasteiger partial charge in [-0.3, -0.25) is 9.79 Å². The fourth-order valence-electron chi connectivity index (χ4n) is 3.57. The Balaban J connectivity index is 1.65. The van der Waals surface area contributed by atoms with Gasteiger partial charge in [0.1, 0.15) is 12.3 Å². The van der Waals surface area contributed by atoms with E-state index in [1.54, 1.807) is 12.3 Å². The Kier molecular flexibility index (Phi) is 4.36. The van der Waals surface area contributed by atoms with Crippen LogP contribution in [-0.4, -0.2) is 18.5 Å². The van der Waals surface area contributed by atoms with Gasteiger partial charge in [-0.15, -0.1) is 0 Å². The molecule has 2 aliphatic rings. The van der Waals surface area contributed by atoms with Crippen molar-refractivity contribution < 1.29 is 4.79 Å². The van der Waals surface area contributed by atoms with Crippen molar-refractivity contribution in [3.8, 4) is 11.1 Å². The van der Waals surface area contributed by atoms with Crippen molar-refractivity contribution in [2.24, 2.45) is 10.9 Å². The van der Waals surface area contributed by atoms with Crippen LogP contribution in [0.2, 0.25) is 0 Å². The Morgan fingerprint density at radius 1 is 1.04 bits per heavy atom. The zero-order valence-corrected chi connectivity index (χ0v) is 14.6. The first-order valence-corrected chi connectivity index (χ1v) is 8.77. The minimum atomic E-state index is -0.0787. The lowest BCUT2D eigenvalue weighted by Gasteiger charge is -2.30. The first kappa shape index (κ1) is 16.3. The van der Waals surface area contributed by atoms with Crippen molar-refractivity contribution in [1.82, 2.24) is 0 Å². The molecule has 0 amide bonds. The van der Waals surface area contributed by atoms with Gasteiger partial charge in [0.15, 0.2) is 0 Å². The van der Waals surface area contributed by atoms with Gasteiger partial charge in [-0.1, -0.05) is 54.6 Å². The number of aldehydes is 1. The van der Waals surface area contributed by atoms with E-state index < -0.39 is 0 Å². The molecule has 26 heavy (non-hydrogen) atoms. The highest BCUT2D eigenvalue weighted by Crippen LogP contribution is 2.33. The summed E-state index contributed by atoms with van der Waals surface area (Å²) in [6.45, 7) is 2.13. The number of carbonyl (C=O) groups is 1. The maximum atomic E-state index is 11.3. The largest absolute Gasteiger partial charge is 0.357 e. The van der Waals surface area contributed by atoms with Gasteiger partial charge in [-0.2, -0.15) is 0 Å². The van der Waals surface area contributed by atoms with E-state index in [-0.39, 0.29) is 12.0 Å². The zero-order chi connectivity index (χ0) is 17.9. The molecule has 2 atom stereocenters. The summed E-state index contributed by atoms with van der Waals surface area (Å²) < 4.78 is 0. The Morgan fingerprint density at radius 2 is 1.88 bits per heavy atom. The van der Waals surface area contributed by atoms with E-state index in [1.807, 2.05) is 24.3 Å². The molecule has 0 saturated heterocycles. The fraction of sp³-hybridized carbons (Fsp3) is 0.130. The second-order valence-corrected chi connectivity index (χ2v) is 6.53. The first-order chi connectivity index (χ1) is 12.8. The van der Waals surface area contributed by atoms with Gasteiger partial charge in [0.2, 0.25) is 0 Å². The Morgan fingerprint density at radius 3 is 2.69 bits per heavy atom. The van der Waals surface area contributed by atoms with Crippen LogP contribution in [0.5, 0.6) is 0 Å². The molecule has 0 spiro atoms. The van der Waals surface area contributed by atoms with Crippen molar-refractivity contribution in [3.05, 3.63) is 89.7 Å². The second-order valence-electron chi connectivity index (χ2n) is 6.53. The number of aliphatic imine (C=N–C) groups is 1. The highest BCUT2D eigenvalue weighted by atomic mass is 16.1. The number of dihydropyridines is 1. The molecule has 128 valence electrons. The van der Waals surface area contributed by atoms with Gasteiger partial charge in [0, 0.05) is 29.1 Å². The van der Waals surface area contributed by atoms with Crippen molar-refractivity contribution in [2.75, 3.05) is 5.32 Å². The summed E-state index contributed by atoms with van der Waals surface area (Å²) in [5.41, 5.74) is 6.43. The molecule has 0 fully saturated rings. The van der Waals surface area contributed by atoms with Gasteiger partial charge in [-0.25, -0.2) is 0 Å². The van der Waals surface area contributed by atoms with Gasteiger partial charge < -0.3 is 5.32 Å². The summed E-state index contributed by atoms with van der Waals surface area (Å²) in [6, 6.07) is 16.6. The molecule has 2 unspecified atom stereocenters. The lowest BCUT2D eigenvalue weighted by molar-refractivity contribution is -0.105. The van der Waals surface area contributed by atoms with Crippen LogP contribution >= 0.6 is 0 Å².